The fourth-order valence-corrected chi connectivity index (χ4v) is 1.99. The van der Waals surface area contributed by atoms with Crippen molar-refractivity contribution in [1.82, 2.24) is 10.7 Å². The van der Waals surface area contributed by atoms with E-state index in [0.29, 0.717) is 25.4 Å². The zero-order chi connectivity index (χ0) is 11.1. The Morgan fingerprint density at radius 2 is 2.00 bits per heavy atom. The molecule has 0 unspecified atom stereocenters. The molecule has 0 saturated carbocycles. The second kappa shape index (κ2) is 3.41. The van der Waals surface area contributed by atoms with Crippen LogP contribution in [0.4, 0.5) is 14.5 Å². The van der Waals surface area contributed by atoms with E-state index >= 15 is 0 Å². The number of hydrazone groups is 1. The Morgan fingerprint density at radius 1 is 1.19 bits per heavy atom. The predicted octanol–water partition coefficient (Wildman–Crippen LogP) is 0.749. The van der Waals surface area contributed by atoms with Gasteiger partial charge in [-0.1, -0.05) is 0 Å². The number of anilines is 1. The normalized spacial score (nSPS) is 18.4. The molecule has 0 atom stereocenters. The van der Waals surface area contributed by atoms with E-state index in [1.54, 1.807) is 0 Å². The van der Waals surface area contributed by atoms with Gasteiger partial charge in [-0.2, -0.15) is 5.10 Å². The summed E-state index contributed by atoms with van der Waals surface area (Å²) in [5, 5.41) is 7.20. The van der Waals surface area contributed by atoms with Crippen LogP contribution in [0.3, 0.4) is 0 Å². The Hall–Kier alpha value is -1.69. The molecule has 1 aromatic carbocycles. The van der Waals surface area contributed by atoms with Crippen molar-refractivity contribution in [1.29, 1.82) is 0 Å². The maximum absolute atomic E-state index is 13.2. The van der Waals surface area contributed by atoms with Gasteiger partial charge in [0.05, 0.1) is 12.2 Å². The zero-order valence-corrected chi connectivity index (χ0v) is 8.43. The molecule has 0 aromatic heterocycles. The number of halogens is 2. The highest BCUT2D eigenvalue weighted by atomic mass is 19.2. The Morgan fingerprint density at radius 3 is 2.88 bits per heavy atom. The molecule has 0 fully saturated rings. The summed E-state index contributed by atoms with van der Waals surface area (Å²) >= 11 is 0. The van der Waals surface area contributed by atoms with Gasteiger partial charge in [0.1, 0.15) is 12.5 Å². The highest BCUT2D eigenvalue weighted by Crippen LogP contribution is 2.26. The van der Waals surface area contributed by atoms with Crippen molar-refractivity contribution in [2.75, 3.05) is 18.1 Å². The van der Waals surface area contributed by atoms with E-state index in [-0.39, 0.29) is 0 Å². The first-order valence-corrected chi connectivity index (χ1v) is 5.01. The third kappa shape index (κ3) is 1.34. The molecule has 0 saturated heterocycles. The van der Waals surface area contributed by atoms with Gasteiger partial charge in [0, 0.05) is 12.6 Å². The summed E-state index contributed by atoms with van der Waals surface area (Å²) in [6.45, 7) is 1.60. The standard InChI is InChI=1S/C10H10F2N4/c11-7-1-6-3-13-4-10-15-14-5-16(10)9(6)2-8(7)12/h1-2,13-14H,3-5H2. The van der Waals surface area contributed by atoms with Crippen LogP contribution < -0.4 is 15.6 Å². The second-order valence-electron chi connectivity index (χ2n) is 3.77. The predicted molar refractivity (Wildman–Crippen MR) is 56.0 cm³/mol. The van der Waals surface area contributed by atoms with Crippen LogP contribution in [-0.2, 0) is 6.54 Å². The van der Waals surface area contributed by atoms with Crippen molar-refractivity contribution in [3.8, 4) is 0 Å². The van der Waals surface area contributed by atoms with Gasteiger partial charge in [-0.15, -0.1) is 0 Å². The minimum absolute atomic E-state index is 0.495. The van der Waals surface area contributed by atoms with Gasteiger partial charge in [0.15, 0.2) is 11.6 Å². The number of amidine groups is 1. The Bertz CT molecular complexity index is 472. The van der Waals surface area contributed by atoms with Gasteiger partial charge < -0.3 is 10.2 Å². The van der Waals surface area contributed by atoms with Gasteiger partial charge in [-0.05, 0) is 11.6 Å². The molecule has 0 spiro atoms. The molecule has 0 amide bonds. The maximum atomic E-state index is 13.2. The summed E-state index contributed by atoms with van der Waals surface area (Å²) in [6.07, 6.45) is 0. The van der Waals surface area contributed by atoms with Crippen LogP contribution in [0.5, 0.6) is 0 Å². The first-order valence-electron chi connectivity index (χ1n) is 5.01. The molecule has 0 bridgehead atoms. The molecule has 84 valence electrons. The lowest BCUT2D eigenvalue weighted by atomic mass is 10.1. The van der Waals surface area contributed by atoms with Crippen LogP contribution in [0.25, 0.3) is 0 Å². The van der Waals surface area contributed by atoms with Gasteiger partial charge >= 0.3 is 0 Å². The Labute approximate surface area is 90.9 Å². The summed E-state index contributed by atoms with van der Waals surface area (Å²) in [6, 6.07) is 2.46. The minimum atomic E-state index is -0.827. The van der Waals surface area contributed by atoms with Crippen LogP contribution in [0, 0.1) is 11.6 Å². The summed E-state index contributed by atoms with van der Waals surface area (Å²) in [7, 11) is 0. The van der Waals surface area contributed by atoms with Crippen LogP contribution in [0.1, 0.15) is 5.56 Å². The zero-order valence-electron chi connectivity index (χ0n) is 8.43. The average Bonchev–Trinajstić information content (AvgIpc) is 2.65. The maximum Gasteiger partial charge on any atom is 0.160 e. The molecule has 6 heteroatoms. The highest BCUT2D eigenvalue weighted by Gasteiger charge is 2.25. The molecule has 16 heavy (non-hydrogen) atoms. The van der Waals surface area contributed by atoms with Crippen molar-refractivity contribution >= 4 is 11.5 Å². The molecule has 2 aliphatic rings. The summed E-state index contributed by atoms with van der Waals surface area (Å²) in [4.78, 5) is 1.85. The number of fused-ring (bicyclic) bond motifs is 3. The molecular formula is C10H10F2N4. The number of benzene rings is 1. The number of nitrogens with zero attached hydrogens (tertiary/aromatic N) is 2. The third-order valence-electron chi connectivity index (χ3n) is 2.76. The number of rotatable bonds is 0. The lowest BCUT2D eigenvalue weighted by molar-refractivity contribution is 0.506. The number of hydrogen-bond donors (Lipinski definition) is 2. The smallest absolute Gasteiger partial charge is 0.160 e. The Kier molecular flexibility index (Phi) is 2.03. The van der Waals surface area contributed by atoms with E-state index in [1.165, 1.54) is 12.1 Å². The molecule has 3 rings (SSSR count). The van der Waals surface area contributed by atoms with Crippen molar-refractivity contribution in [2.45, 2.75) is 6.54 Å². The first-order chi connectivity index (χ1) is 7.75. The first kappa shape index (κ1) is 9.53. The lowest BCUT2D eigenvalue weighted by Gasteiger charge is -2.18. The quantitative estimate of drug-likeness (QED) is 0.683. The van der Waals surface area contributed by atoms with Gasteiger partial charge in [-0.3, -0.25) is 5.43 Å². The van der Waals surface area contributed by atoms with Crippen LogP contribution in [0.2, 0.25) is 0 Å². The minimum Gasteiger partial charge on any atom is -0.307 e. The van der Waals surface area contributed by atoms with E-state index in [9.17, 15) is 8.78 Å². The van der Waals surface area contributed by atoms with E-state index in [0.717, 1.165) is 11.4 Å². The van der Waals surface area contributed by atoms with E-state index in [4.69, 9.17) is 0 Å². The highest BCUT2D eigenvalue weighted by molar-refractivity contribution is 6.01. The van der Waals surface area contributed by atoms with Gasteiger partial charge in [0.25, 0.3) is 0 Å². The molecule has 0 aliphatic carbocycles. The molecule has 2 N–H and O–H groups in total. The summed E-state index contributed by atoms with van der Waals surface area (Å²) < 4.78 is 26.3. The fraction of sp³-hybridized carbons (Fsp3) is 0.300. The van der Waals surface area contributed by atoms with E-state index in [1.807, 2.05) is 4.90 Å². The average molecular weight is 224 g/mol. The fourth-order valence-electron chi connectivity index (χ4n) is 1.99. The van der Waals surface area contributed by atoms with Crippen molar-refractivity contribution < 1.29 is 8.78 Å². The molecule has 2 heterocycles. The molecule has 0 radical (unpaired) electrons. The molecule has 4 nitrogen and oxygen atoms in total. The van der Waals surface area contributed by atoms with Gasteiger partial charge in [-0.25, -0.2) is 8.78 Å². The molecule has 2 aliphatic heterocycles. The largest absolute Gasteiger partial charge is 0.307 e. The van der Waals surface area contributed by atoms with Crippen LogP contribution in [-0.4, -0.2) is 19.0 Å². The van der Waals surface area contributed by atoms with Crippen LogP contribution >= 0.6 is 0 Å². The number of hydrogen-bond acceptors (Lipinski definition) is 4. The number of nitrogens with one attached hydrogen (secondary N) is 2. The third-order valence-corrected chi connectivity index (χ3v) is 2.76. The SMILES string of the molecule is Fc1cc2c(cc1F)N1CNN=C1CNC2. The molecular weight excluding hydrogens is 214 g/mol. The second-order valence-corrected chi connectivity index (χ2v) is 3.77. The topological polar surface area (TPSA) is 39.7 Å². The van der Waals surface area contributed by atoms with Crippen LogP contribution in [0.15, 0.2) is 17.2 Å². The van der Waals surface area contributed by atoms with Gasteiger partial charge in [0.2, 0.25) is 0 Å². The summed E-state index contributed by atoms with van der Waals surface area (Å²) in [5.74, 6) is -0.843. The summed E-state index contributed by atoms with van der Waals surface area (Å²) in [5.41, 5.74) is 4.24. The lowest BCUT2D eigenvalue weighted by Crippen LogP contribution is -2.33. The Balaban J connectivity index is 2.13. The van der Waals surface area contributed by atoms with E-state index < -0.39 is 11.6 Å². The monoisotopic (exact) mass is 224 g/mol. The van der Waals surface area contributed by atoms with Crippen molar-refractivity contribution in [3.05, 3.63) is 29.3 Å². The van der Waals surface area contributed by atoms with Crippen molar-refractivity contribution in [2.24, 2.45) is 5.10 Å². The molecule has 1 aromatic rings. The van der Waals surface area contributed by atoms with Crippen molar-refractivity contribution in [3.63, 3.8) is 0 Å². The van der Waals surface area contributed by atoms with E-state index in [2.05, 4.69) is 15.8 Å².